The van der Waals surface area contributed by atoms with E-state index in [9.17, 15) is 9.36 Å². The van der Waals surface area contributed by atoms with Crippen LogP contribution in [0.1, 0.15) is 6.42 Å². The molecule has 0 radical (unpaired) electrons. The average molecular weight is 362 g/mol. The van der Waals surface area contributed by atoms with Crippen LogP contribution in [-0.4, -0.2) is 31.4 Å². The number of epoxide rings is 1. The number of carbonyl (C=O) groups is 1. The quantitative estimate of drug-likeness (QED) is 0.385. The first-order chi connectivity index (χ1) is 12.1. The fourth-order valence-electron chi connectivity index (χ4n) is 2.04. The lowest BCUT2D eigenvalue weighted by molar-refractivity contribution is -0.143. The van der Waals surface area contributed by atoms with E-state index in [0.29, 0.717) is 18.1 Å². The third kappa shape index (κ3) is 5.93. The van der Waals surface area contributed by atoms with E-state index in [2.05, 4.69) is 0 Å². The lowest BCUT2D eigenvalue weighted by Crippen LogP contribution is -2.14. The van der Waals surface area contributed by atoms with E-state index in [1.807, 2.05) is 12.1 Å². The van der Waals surface area contributed by atoms with E-state index in [4.69, 9.17) is 18.5 Å². The minimum Gasteiger partial charge on any atom is -0.463 e. The number of hydrogen-bond acceptors (Lipinski definition) is 6. The summed E-state index contributed by atoms with van der Waals surface area (Å²) in [6, 6.07) is 17.5. The van der Waals surface area contributed by atoms with Crippen LogP contribution in [0.5, 0.6) is 11.5 Å². The molecule has 0 spiro atoms. The predicted octanol–water partition coefficient (Wildman–Crippen LogP) is 3.67. The van der Waals surface area contributed by atoms with Crippen LogP contribution in [0.25, 0.3) is 0 Å². The number of esters is 1. The molecule has 0 amide bonds. The molecule has 0 bridgehead atoms. The number of hydrogen-bond donors (Lipinski definition) is 0. The molecule has 2 aromatic carbocycles. The molecule has 1 aliphatic heterocycles. The molecule has 1 unspecified atom stereocenters. The first-order valence-electron chi connectivity index (χ1n) is 7.98. The summed E-state index contributed by atoms with van der Waals surface area (Å²) in [5.41, 5.74) is 0. The van der Waals surface area contributed by atoms with Crippen LogP contribution in [0, 0.1) is 0 Å². The first kappa shape index (κ1) is 17.5. The summed E-state index contributed by atoms with van der Waals surface area (Å²) in [5, 5.41) is 0. The smallest absolute Gasteiger partial charge is 0.431 e. The summed E-state index contributed by atoms with van der Waals surface area (Å²) in [6.45, 7) is 0.836. The van der Waals surface area contributed by atoms with Gasteiger partial charge in [0.05, 0.1) is 19.2 Å². The Balaban J connectivity index is 1.64. The van der Waals surface area contributed by atoms with Crippen LogP contribution in [0.2, 0.25) is 0 Å². The molecule has 1 saturated heterocycles. The lowest BCUT2D eigenvalue weighted by atomic mass is 10.3. The fraction of sp³-hybridized carbons (Fsp3) is 0.278. The molecule has 1 fully saturated rings. The van der Waals surface area contributed by atoms with Gasteiger partial charge in [0.15, 0.2) is 0 Å². The van der Waals surface area contributed by atoms with Crippen molar-refractivity contribution in [3.63, 3.8) is 0 Å². The summed E-state index contributed by atoms with van der Waals surface area (Å²) >= 11 is 0. The van der Waals surface area contributed by atoms with E-state index >= 15 is 0 Å². The Morgan fingerprint density at radius 1 is 1.00 bits per heavy atom. The highest BCUT2D eigenvalue weighted by atomic mass is 31.2. The van der Waals surface area contributed by atoms with Crippen molar-refractivity contribution in [2.45, 2.75) is 12.5 Å². The van der Waals surface area contributed by atoms with Gasteiger partial charge in [-0.25, -0.2) is 4.57 Å². The van der Waals surface area contributed by atoms with Gasteiger partial charge in [-0.15, -0.1) is 0 Å². The van der Waals surface area contributed by atoms with Gasteiger partial charge in [-0.2, -0.15) is 0 Å². The van der Waals surface area contributed by atoms with E-state index in [0.717, 1.165) is 0 Å². The minimum atomic E-state index is -3.58. The van der Waals surface area contributed by atoms with Gasteiger partial charge in [0, 0.05) is 0 Å². The van der Waals surface area contributed by atoms with Crippen molar-refractivity contribution in [3.05, 3.63) is 60.7 Å². The SMILES string of the molecule is O=C(CCP(=O)(Oc1ccccc1)Oc1ccccc1)OCC1CO1. The zero-order valence-electron chi connectivity index (χ0n) is 13.6. The molecule has 0 saturated carbocycles. The minimum absolute atomic E-state index is 0.00288. The Morgan fingerprint density at radius 2 is 1.52 bits per heavy atom. The highest BCUT2D eigenvalue weighted by Gasteiger charge is 2.30. The Labute approximate surface area is 146 Å². The Kier molecular flexibility index (Phi) is 5.74. The third-order valence-electron chi connectivity index (χ3n) is 3.40. The summed E-state index contributed by atoms with van der Waals surface area (Å²) in [4.78, 5) is 11.8. The van der Waals surface area contributed by atoms with Crippen LogP contribution >= 0.6 is 7.60 Å². The van der Waals surface area contributed by atoms with Gasteiger partial charge in [0.1, 0.15) is 24.2 Å². The van der Waals surface area contributed by atoms with Crippen LogP contribution in [-0.2, 0) is 18.8 Å². The molecule has 1 atom stereocenters. The van der Waals surface area contributed by atoms with Gasteiger partial charge in [-0.05, 0) is 24.3 Å². The summed E-state index contributed by atoms with van der Waals surface area (Å²) in [7, 11) is -3.58. The van der Waals surface area contributed by atoms with Crippen molar-refractivity contribution in [2.24, 2.45) is 0 Å². The maximum atomic E-state index is 13.1. The average Bonchev–Trinajstić information content (AvgIpc) is 3.44. The monoisotopic (exact) mass is 362 g/mol. The van der Waals surface area contributed by atoms with E-state index in [1.54, 1.807) is 48.5 Å². The van der Waals surface area contributed by atoms with Crippen molar-refractivity contribution >= 4 is 13.6 Å². The zero-order chi connectivity index (χ0) is 17.5. The first-order valence-corrected chi connectivity index (χ1v) is 9.71. The number of ether oxygens (including phenoxy) is 2. The maximum absolute atomic E-state index is 13.1. The molecule has 3 rings (SSSR count). The Morgan fingerprint density at radius 3 is 2.00 bits per heavy atom. The Bertz CT molecular complexity index is 684. The van der Waals surface area contributed by atoms with E-state index in [-0.39, 0.29) is 25.3 Å². The molecule has 0 N–H and O–H groups in total. The van der Waals surface area contributed by atoms with Crippen molar-refractivity contribution in [1.29, 1.82) is 0 Å². The van der Waals surface area contributed by atoms with Crippen LogP contribution in [0.3, 0.4) is 0 Å². The molecule has 2 aromatic rings. The normalized spacial score (nSPS) is 16.1. The molecule has 7 heteroatoms. The van der Waals surface area contributed by atoms with Gasteiger partial charge >= 0.3 is 13.6 Å². The van der Waals surface area contributed by atoms with Crippen LogP contribution < -0.4 is 9.05 Å². The lowest BCUT2D eigenvalue weighted by Gasteiger charge is -2.19. The van der Waals surface area contributed by atoms with Crippen LogP contribution in [0.15, 0.2) is 60.7 Å². The number of rotatable bonds is 9. The zero-order valence-corrected chi connectivity index (χ0v) is 14.5. The largest absolute Gasteiger partial charge is 0.463 e. The molecule has 25 heavy (non-hydrogen) atoms. The summed E-state index contributed by atoms with van der Waals surface area (Å²) in [5.74, 6) is 0.382. The summed E-state index contributed by atoms with van der Waals surface area (Å²) in [6.07, 6.45) is -0.151. The van der Waals surface area contributed by atoms with Gasteiger partial charge in [0.2, 0.25) is 0 Å². The molecular formula is C18H19O6P. The van der Waals surface area contributed by atoms with Gasteiger partial charge in [-0.3, -0.25) is 4.79 Å². The van der Waals surface area contributed by atoms with Crippen molar-refractivity contribution in [1.82, 2.24) is 0 Å². The van der Waals surface area contributed by atoms with E-state index in [1.165, 1.54) is 0 Å². The maximum Gasteiger partial charge on any atom is 0.431 e. The van der Waals surface area contributed by atoms with Crippen molar-refractivity contribution in [3.8, 4) is 11.5 Å². The Hall–Kier alpha value is -2.30. The van der Waals surface area contributed by atoms with Crippen molar-refractivity contribution in [2.75, 3.05) is 19.4 Å². The molecule has 6 nitrogen and oxygen atoms in total. The molecule has 0 aromatic heterocycles. The second-order valence-corrected chi connectivity index (χ2v) is 7.57. The number of benzene rings is 2. The highest BCUT2D eigenvalue weighted by molar-refractivity contribution is 7.54. The summed E-state index contributed by atoms with van der Waals surface area (Å²) < 4.78 is 34.4. The molecule has 0 aliphatic carbocycles. The predicted molar refractivity (Wildman–Crippen MR) is 91.9 cm³/mol. The highest BCUT2D eigenvalue weighted by Crippen LogP contribution is 2.49. The van der Waals surface area contributed by atoms with Gasteiger partial charge < -0.3 is 18.5 Å². The molecule has 1 heterocycles. The second kappa shape index (κ2) is 8.19. The second-order valence-electron chi connectivity index (χ2n) is 5.53. The van der Waals surface area contributed by atoms with Gasteiger partial charge in [0.25, 0.3) is 0 Å². The number of carbonyl (C=O) groups excluding carboxylic acids is 1. The third-order valence-corrected chi connectivity index (χ3v) is 5.15. The molecular weight excluding hydrogens is 343 g/mol. The molecule has 1 aliphatic rings. The fourth-order valence-corrected chi connectivity index (χ4v) is 3.61. The topological polar surface area (TPSA) is 74.4 Å². The van der Waals surface area contributed by atoms with Gasteiger partial charge in [-0.1, -0.05) is 36.4 Å². The number of para-hydroxylation sites is 2. The molecule has 132 valence electrons. The van der Waals surface area contributed by atoms with Crippen LogP contribution in [0.4, 0.5) is 0 Å². The standard InChI is InChI=1S/C18H19O6P/c19-18(22-14-17-13-21-17)11-12-25(20,23-15-7-3-1-4-8-15)24-16-9-5-2-6-10-16/h1-10,17H,11-14H2. The van der Waals surface area contributed by atoms with E-state index < -0.39 is 13.6 Å². The van der Waals surface area contributed by atoms with Crippen molar-refractivity contribution < 1.29 is 27.9 Å².